The fourth-order valence-electron chi connectivity index (χ4n) is 2.88. The lowest BCUT2D eigenvalue weighted by Crippen LogP contribution is -3.16. The lowest BCUT2D eigenvalue weighted by Gasteiger charge is -2.31. The third kappa shape index (κ3) is 4.35. The maximum atomic E-state index is 12.3. The minimum atomic E-state index is -0.0312. The van der Waals surface area contributed by atoms with Gasteiger partial charge in [0.2, 0.25) is 0 Å². The van der Waals surface area contributed by atoms with Crippen molar-refractivity contribution in [2.45, 2.75) is 33.0 Å². The summed E-state index contributed by atoms with van der Waals surface area (Å²) in [6, 6.07) is 3.55. The van der Waals surface area contributed by atoms with E-state index >= 15 is 0 Å². The van der Waals surface area contributed by atoms with Crippen LogP contribution < -0.4 is 15.0 Å². The summed E-state index contributed by atoms with van der Waals surface area (Å²) in [6.45, 7) is 8.08. The van der Waals surface area contributed by atoms with Crippen LogP contribution in [0.1, 0.15) is 19.4 Å². The van der Waals surface area contributed by atoms with E-state index in [0.29, 0.717) is 23.0 Å². The molecular weight excluding hydrogens is 304 g/mol. The van der Waals surface area contributed by atoms with E-state index in [1.165, 1.54) is 4.90 Å². The SMILES string of the molecule is COc1cc(Cl)c(C)cc1NC(=O)C[NH+]1C[C@H](C)O[C@@H](C)C1. The summed E-state index contributed by atoms with van der Waals surface area (Å²) in [5, 5.41) is 3.54. The Morgan fingerprint density at radius 2 is 2.05 bits per heavy atom. The van der Waals surface area contributed by atoms with Gasteiger partial charge in [0.05, 0.1) is 12.8 Å². The molecule has 0 aromatic heterocycles. The zero-order valence-corrected chi connectivity index (χ0v) is 14.3. The number of methoxy groups -OCH3 is 1. The van der Waals surface area contributed by atoms with Crippen molar-refractivity contribution in [1.29, 1.82) is 0 Å². The van der Waals surface area contributed by atoms with E-state index in [0.717, 1.165) is 18.7 Å². The summed E-state index contributed by atoms with van der Waals surface area (Å²) in [6.07, 6.45) is 0.359. The first kappa shape index (κ1) is 17.1. The van der Waals surface area contributed by atoms with Crippen molar-refractivity contribution >= 4 is 23.2 Å². The number of amides is 1. The highest BCUT2D eigenvalue weighted by Crippen LogP contribution is 2.30. The van der Waals surface area contributed by atoms with E-state index in [9.17, 15) is 4.79 Å². The molecule has 2 rings (SSSR count). The summed E-state index contributed by atoms with van der Waals surface area (Å²) < 4.78 is 11.0. The molecule has 1 aromatic rings. The van der Waals surface area contributed by atoms with Gasteiger partial charge in [-0.15, -0.1) is 0 Å². The second-order valence-corrected chi connectivity index (χ2v) is 6.35. The highest BCUT2D eigenvalue weighted by atomic mass is 35.5. The number of benzene rings is 1. The fourth-order valence-corrected chi connectivity index (χ4v) is 3.04. The normalized spacial score (nSPS) is 24.9. The van der Waals surface area contributed by atoms with Gasteiger partial charge in [-0.2, -0.15) is 0 Å². The highest BCUT2D eigenvalue weighted by Gasteiger charge is 2.27. The first-order valence-electron chi connectivity index (χ1n) is 7.52. The number of hydrogen-bond acceptors (Lipinski definition) is 3. The quantitative estimate of drug-likeness (QED) is 0.876. The molecule has 1 heterocycles. The number of carbonyl (C=O) groups is 1. The maximum absolute atomic E-state index is 12.3. The van der Waals surface area contributed by atoms with E-state index < -0.39 is 0 Å². The molecule has 1 aliphatic rings. The Labute approximate surface area is 136 Å². The number of quaternary nitrogens is 1. The first-order chi connectivity index (χ1) is 10.4. The van der Waals surface area contributed by atoms with Crippen molar-refractivity contribution in [1.82, 2.24) is 0 Å². The second kappa shape index (κ2) is 7.31. The van der Waals surface area contributed by atoms with Crippen molar-refractivity contribution in [3.05, 3.63) is 22.7 Å². The van der Waals surface area contributed by atoms with Gasteiger partial charge in [-0.3, -0.25) is 4.79 Å². The molecule has 1 amide bonds. The Hall–Kier alpha value is -1.30. The van der Waals surface area contributed by atoms with Gasteiger partial charge in [0.1, 0.15) is 31.0 Å². The molecule has 1 fully saturated rings. The average molecular weight is 328 g/mol. The van der Waals surface area contributed by atoms with Crippen LogP contribution in [-0.4, -0.2) is 44.9 Å². The number of carbonyl (C=O) groups excluding carboxylic acids is 1. The minimum Gasteiger partial charge on any atom is -0.495 e. The fraction of sp³-hybridized carbons (Fsp3) is 0.562. The van der Waals surface area contributed by atoms with Crippen molar-refractivity contribution in [2.24, 2.45) is 0 Å². The van der Waals surface area contributed by atoms with Crippen molar-refractivity contribution < 1.29 is 19.2 Å². The van der Waals surface area contributed by atoms with Crippen LogP contribution in [0.5, 0.6) is 5.75 Å². The van der Waals surface area contributed by atoms with Crippen LogP contribution in [0.25, 0.3) is 0 Å². The van der Waals surface area contributed by atoms with E-state index in [4.69, 9.17) is 21.1 Å². The summed E-state index contributed by atoms with van der Waals surface area (Å²) in [5.74, 6) is 0.541. The van der Waals surface area contributed by atoms with Crippen molar-refractivity contribution in [3.8, 4) is 5.75 Å². The third-order valence-corrected chi connectivity index (χ3v) is 4.19. The zero-order chi connectivity index (χ0) is 16.3. The molecule has 122 valence electrons. The molecule has 0 unspecified atom stereocenters. The standard InChI is InChI=1S/C16H23ClN2O3/c1-10-5-14(15(21-4)6-13(10)17)18-16(20)9-19-7-11(2)22-12(3)8-19/h5-6,11-12H,7-9H2,1-4H3,(H,18,20)/p+1/t11-,12-/m0/s1. The number of nitrogens with one attached hydrogen (secondary N) is 2. The van der Waals surface area contributed by atoms with Crippen LogP contribution >= 0.6 is 11.6 Å². The molecule has 0 bridgehead atoms. The number of halogens is 1. The zero-order valence-electron chi connectivity index (χ0n) is 13.5. The number of ether oxygens (including phenoxy) is 2. The summed E-state index contributed by atoms with van der Waals surface area (Å²) >= 11 is 6.08. The van der Waals surface area contributed by atoms with Gasteiger partial charge in [0.25, 0.3) is 5.91 Å². The van der Waals surface area contributed by atoms with Crippen LogP contribution in [0.3, 0.4) is 0 Å². The molecule has 0 spiro atoms. The predicted molar refractivity (Wildman–Crippen MR) is 86.9 cm³/mol. The van der Waals surface area contributed by atoms with Gasteiger partial charge in [-0.25, -0.2) is 0 Å². The van der Waals surface area contributed by atoms with Crippen LogP contribution in [-0.2, 0) is 9.53 Å². The lowest BCUT2D eigenvalue weighted by molar-refractivity contribution is -0.907. The predicted octanol–water partition coefficient (Wildman–Crippen LogP) is 1.29. The van der Waals surface area contributed by atoms with Crippen molar-refractivity contribution in [2.75, 3.05) is 32.1 Å². The molecule has 6 heteroatoms. The van der Waals surface area contributed by atoms with Gasteiger partial charge >= 0.3 is 0 Å². The molecule has 22 heavy (non-hydrogen) atoms. The largest absolute Gasteiger partial charge is 0.495 e. The first-order valence-corrected chi connectivity index (χ1v) is 7.89. The van der Waals surface area contributed by atoms with Crippen LogP contribution in [0.2, 0.25) is 5.02 Å². The monoisotopic (exact) mass is 327 g/mol. The highest BCUT2D eigenvalue weighted by molar-refractivity contribution is 6.31. The van der Waals surface area contributed by atoms with E-state index in [2.05, 4.69) is 5.32 Å². The Morgan fingerprint density at radius 1 is 1.41 bits per heavy atom. The van der Waals surface area contributed by atoms with Crippen LogP contribution in [0.4, 0.5) is 5.69 Å². The number of hydrogen-bond donors (Lipinski definition) is 2. The third-order valence-electron chi connectivity index (χ3n) is 3.78. The van der Waals surface area contributed by atoms with Crippen LogP contribution in [0.15, 0.2) is 12.1 Å². The molecule has 1 aliphatic heterocycles. The molecule has 2 N–H and O–H groups in total. The Bertz CT molecular complexity index is 540. The van der Waals surface area contributed by atoms with Gasteiger partial charge in [-0.05, 0) is 32.4 Å². The van der Waals surface area contributed by atoms with Gasteiger partial charge in [-0.1, -0.05) is 11.6 Å². The Kier molecular flexibility index (Phi) is 5.67. The molecule has 0 aliphatic carbocycles. The molecule has 2 atom stereocenters. The molecule has 0 saturated carbocycles. The smallest absolute Gasteiger partial charge is 0.279 e. The summed E-state index contributed by atoms with van der Waals surface area (Å²) in [5.41, 5.74) is 1.56. The van der Waals surface area contributed by atoms with Crippen molar-refractivity contribution in [3.63, 3.8) is 0 Å². The summed E-state index contributed by atoms with van der Waals surface area (Å²) in [4.78, 5) is 13.5. The number of rotatable bonds is 4. The Morgan fingerprint density at radius 3 is 2.64 bits per heavy atom. The maximum Gasteiger partial charge on any atom is 0.279 e. The van der Waals surface area contributed by atoms with Gasteiger partial charge < -0.3 is 19.7 Å². The van der Waals surface area contributed by atoms with Crippen LogP contribution in [0, 0.1) is 6.92 Å². The van der Waals surface area contributed by atoms with E-state index in [1.54, 1.807) is 13.2 Å². The molecule has 5 nitrogen and oxygen atoms in total. The molecule has 1 saturated heterocycles. The van der Waals surface area contributed by atoms with Gasteiger partial charge in [0.15, 0.2) is 6.54 Å². The number of aryl methyl sites for hydroxylation is 1. The van der Waals surface area contributed by atoms with Gasteiger partial charge in [0, 0.05) is 11.1 Å². The molecule has 0 radical (unpaired) electrons. The second-order valence-electron chi connectivity index (χ2n) is 5.94. The molecular formula is C16H24ClN2O3+. The topological polar surface area (TPSA) is 52.0 Å². The lowest BCUT2D eigenvalue weighted by atomic mass is 10.2. The number of morpholine rings is 1. The average Bonchev–Trinajstić information content (AvgIpc) is 2.41. The Balaban J connectivity index is 2.01. The van der Waals surface area contributed by atoms with E-state index in [-0.39, 0.29) is 18.1 Å². The number of anilines is 1. The summed E-state index contributed by atoms with van der Waals surface area (Å²) in [7, 11) is 1.56. The van der Waals surface area contributed by atoms with E-state index in [1.807, 2.05) is 26.8 Å². The minimum absolute atomic E-state index is 0.0312. The molecule has 1 aromatic carbocycles.